The molecule has 160 valence electrons. The van der Waals surface area contributed by atoms with Gasteiger partial charge < -0.3 is 15.1 Å². The van der Waals surface area contributed by atoms with Crippen molar-refractivity contribution in [1.29, 1.82) is 0 Å². The lowest BCUT2D eigenvalue weighted by Gasteiger charge is -2.24. The second-order valence-corrected chi connectivity index (χ2v) is 8.39. The number of nitrogens with zero attached hydrogens (tertiary/aromatic N) is 5. The number of carbonyl (C=O) groups excluding carboxylic acids is 1. The summed E-state index contributed by atoms with van der Waals surface area (Å²) in [5, 5.41) is 3.94. The Balaban J connectivity index is 1.82. The molecule has 5 rings (SSSR count). The molecule has 1 aliphatic heterocycles. The van der Waals surface area contributed by atoms with Crippen LogP contribution in [0.1, 0.15) is 29.3 Å². The van der Waals surface area contributed by atoms with Gasteiger partial charge in [0.1, 0.15) is 5.65 Å². The number of nitrogens with one attached hydrogen (secondary N) is 1. The average Bonchev–Trinajstić information content (AvgIpc) is 3.00. The molecule has 1 aliphatic rings. The van der Waals surface area contributed by atoms with Crippen molar-refractivity contribution >= 4 is 39.3 Å². The Kier molecular flexibility index (Phi) is 4.98. The van der Waals surface area contributed by atoms with E-state index >= 15 is 0 Å². The van der Waals surface area contributed by atoms with Crippen molar-refractivity contribution < 1.29 is 4.79 Å². The van der Waals surface area contributed by atoms with Gasteiger partial charge in [-0.25, -0.2) is 9.97 Å². The van der Waals surface area contributed by atoms with Gasteiger partial charge in [-0.1, -0.05) is 6.07 Å². The maximum absolute atomic E-state index is 13.0. The minimum absolute atomic E-state index is 0.105. The molecule has 0 saturated carbocycles. The first-order valence-corrected chi connectivity index (χ1v) is 11.0. The maximum Gasteiger partial charge on any atom is 0.255 e. The van der Waals surface area contributed by atoms with E-state index in [4.69, 9.17) is 9.97 Å². The summed E-state index contributed by atoms with van der Waals surface area (Å²) < 4.78 is 2.05. The van der Waals surface area contributed by atoms with Crippen molar-refractivity contribution in [2.45, 2.75) is 20.3 Å². The number of likely N-dealkylation sites (N-methyl/N-ethyl adjacent to an activating group) is 1. The normalized spacial score (nSPS) is 15.6. The zero-order valence-corrected chi connectivity index (χ0v) is 18.4. The van der Waals surface area contributed by atoms with E-state index in [0.717, 1.165) is 65.9 Å². The molecule has 4 heterocycles. The van der Waals surface area contributed by atoms with E-state index in [0.29, 0.717) is 17.8 Å². The van der Waals surface area contributed by atoms with E-state index in [9.17, 15) is 4.79 Å². The molecule has 0 bridgehead atoms. The second-order valence-electron chi connectivity index (χ2n) is 8.39. The first-order chi connectivity index (χ1) is 15.1. The monoisotopic (exact) mass is 416 g/mol. The third kappa shape index (κ3) is 3.39. The molecule has 7 nitrogen and oxygen atoms in total. The van der Waals surface area contributed by atoms with Crippen molar-refractivity contribution in [2.75, 3.05) is 44.7 Å². The third-order valence-electron chi connectivity index (χ3n) is 6.14. The largest absolute Gasteiger partial charge is 0.370 e. The highest BCUT2D eigenvalue weighted by molar-refractivity contribution is 6.07. The van der Waals surface area contributed by atoms with Crippen LogP contribution in [0.2, 0.25) is 0 Å². The number of aromatic nitrogens is 3. The standard InChI is InChI=1S/C24H28N6O/c1-4-25-24(31)18-15-17-20(29-11-5-10-28(3)12-13-29)8-9-26-22(17)30-21-14-16(2)6-7-19(21)27-23(18)30/h6-9,14-15H,4-5,10-13H2,1-3H3,(H,25,31). The summed E-state index contributed by atoms with van der Waals surface area (Å²) in [4.78, 5) is 27.4. The van der Waals surface area contributed by atoms with Gasteiger partial charge in [0, 0.05) is 43.4 Å². The Labute approximate surface area is 181 Å². The van der Waals surface area contributed by atoms with Gasteiger partial charge in [-0.15, -0.1) is 0 Å². The van der Waals surface area contributed by atoms with Crippen LogP contribution in [0.5, 0.6) is 0 Å². The van der Waals surface area contributed by atoms with Crippen molar-refractivity contribution in [2.24, 2.45) is 0 Å². The molecular weight excluding hydrogens is 388 g/mol. The fourth-order valence-corrected chi connectivity index (χ4v) is 4.54. The quantitative estimate of drug-likeness (QED) is 0.555. The zero-order chi connectivity index (χ0) is 21.5. The lowest BCUT2D eigenvalue weighted by atomic mass is 10.1. The highest BCUT2D eigenvalue weighted by Crippen LogP contribution is 2.32. The van der Waals surface area contributed by atoms with E-state index in [1.807, 2.05) is 25.3 Å². The summed E-state index contributed by atoms with van der Waals surface area (Å²) in [6.45, 7) is 8.63. The average molecular weight is 417 g/mol. The van der Waals surface area contributed by atoms with Crippen LogP contribution >= 0.6 is 0 Å². The topological polar surface area (TPSA) is 65.8 Å². The maximum atomic E-state index is 13.0. The number of benzene rings is 1. The molecular formula is C24H28N6O. The summed E-state index contributed by atoms with van der Waals surface area (Å²) in [6, 6.07) is 10.2. The zero-order valence-electron chi connectivity index (χ0n) is 18.4. The Morgan fingerprint density at radius 1 is 1.10 bits per heavy atom. The smallest absolute Gasteiger partial charge is 0.255 e. The number of rotatable bonds is 3. The van der Waals surface area contributed by atoms with Gasteiger partial charge in [0.15, 0.2) is 5.65 Å². The molecule has 0 aliphatic carbocycles. The fraction of sp³-hybridized carbons (Fsp3) is 0.375. The predicted molar refractivity (Wildman–Crippen MR) is 125 cm³/mol. The van der Waals surface area contributed by atoms with Gasteiger partial charge in [0.2, 0.25) is 0 Å². The van der Waals surface area contributed by atoms with Gasteiger partial charge in [-0.2, -0.15) is 0 Å². The molecule has 7 heteroatoms. The number of carbonyl (C=O) groups is 1. The van der Waals surface area contributed by atoms with Crippen LogP contribution in [0.4, 0.5) is 5.69 Å². The Morgan fingerprint density at radius 3 is 2.81 bits per heavy atom. The van der Waals surface area contributed by atoms with Gasteiger partial charge in [-0.05, 0) is 63.7 Å². The van der Waals surface area contributed by atoms with E-state index in [-0.39, 0.29) is 5.91 Å². The summed E-state index contributed by atoms with van der Waals surface area (Å²) in [7, 11) is 2.17. The van der Waals surface area contributed by atoms with E-state index in [1.54, 1.807) is 0 Å². The van der Waals surface area contributed by atoms with Crippen molar-refractivity contribution in [3.05, 3.63) is 47.7 Å². The second kappa shape index (κ2) is 7.81. The van der Waals surface area contributed by atoms with Crippen LogP contribution in [0, 0.1) is 6.92 Å². The SMILES string of the molecule is CCNC(=O)c1cc2c(N3CCCN(C)CC3)ccnc2n2c1nc1ccc(C)cc12. The number of hydrogen-bond donors (Lipinski definition) is 1. The molecule has 0 atom stereocenters. The van der Waals surface area contributed by atoms with E-state index in [2.05, 4.69) is 51.7 Å². The number of hydrogen-bond acceptors (Lipinski definition) is 5. The third-order valence-corrected chi connectivity index (χ3v) is 6.14. The summed E-state index contributed by atoms with van der Waals surface area (Å²) in [5.74, 6) is -0.105. The molecule has 3 aromatic heterocycles. The fourth-order valence-electron chi connectivity index (χ4n) is 4.54. The Hall–Kier alpha value is -3.19. The summed E-state index contributed by atoms with van der Waals surface area (Å²) in [5.41, 5.74) is 6.20. The molecule has 0 radical (unpaired) electrons. The number of pyridine rings is 2. The molecule has 1 N–H and O–H groups in total. The van der Waals surface area contributed by atoms with Crippen LogP contribution in [0.25, 0.3) is 27.7 Å². The predicted octanol–water partition coefficient (Wildman–Crippen LogP) is 3.24. The van der Waals surface area contributed by atoms with E-state index < -0.39 is 0 Å². The molecule has 1 fully saturated rings. The van der Waals surface area contributed by atoms with Crippen molar-refractivity contribution in [1.82, 2.24) is 24.6 Å². The summed E-state index contributed by atoms with van der Waals surface area (Å²) in [6.07, 6.45) is 2.98. The highest BCUT2D eigenvalue weighted by atomic mass is 16.1. The first kappa shape index (κ1) is 19.8. The van der Waals surface area contributed by atoms with Crippen LogP contribution in [0.3, 0.4) is 0 Å². The number of imidazole rings is 1. The van der Waals surface area contributed by atoms with Gasteiger partial charge in [0.05, 0.1) is 16.6 Å². The lowest BCUT2D eigenvalue weighted by molar-refractivity contribution is 0.0957. The van der Waals surface area contributed by atoms with Gasteiger partial charge >= 0.3 is 0 Å². The summed E-state index contributed by atoms with van der Waals surface area (Å²) >= 11 is 0. The number of fused-ring (bicyclic) bond motifs is 5. The highest BCUT2D eigenvalue weighted by Gasteiger charge is 2.22. The molecule has 31 heavy (non-hydrogen) atoms. The number of anilines is 1. The number of amides is 1. The van der Waals surface area contributed by atoms with E-state index in [1.165, 1.54) is 0 Å². The molecule has 1 amide bonds. The number of aryl methyl sites for hydroxylation is 1. The van der Waals surface area contributed by atoms with Crippen LogP contribution < -0.4 is 10.2 Å². The molecule has 0 unspecified atom stereocenters. The Bertz CT molecular complexity index is 1290. The van der Waals surface area contributed by atoms with Crippen LogP contribution in [-0.2, 0) is 0 Å². The molecule has 4 aromatic rings. The van der Waals surface area contributed by atoms with Gasteiger partial charge in [-0.3, -0.25) is 9.20 Å². The van der Waals surface area contributed by atoms with Gasteiger partial charge in [0.25, 0.3) is 5.91 Å². The molecule has 1 saturated heterocycles. The van der Waals surface area contributed by atoms with Crippen LogP contribution in [0.15, 0.2) is 36.5 Å². The molecule has 1 aromatic carbocycles. The minimum atomic E-state index is -0.105. The molecule has 0 spiro atoms. The van der Waals surface area contributed by atoms with Crippen molar-refractivity contribution in [3.8, 4) is 0 Å². The van der Waals surface area contributed by atoms with Crippen molar-refractivity contribution in [3.63, 3.8) is 0 Å². The lowest BCUT2D eigenvalue weighted by Crippen LogP contribution is -2.29. The Morgan fingerprint density at radius 2 is 1.97 bits per heavy atom. The minimum Gasteiger partial charge on any atom is -0.370 e. The first-order valence-electron chi connectivity index (χ1n) is 11.0. The van der Waals surface area contributed by atoms with Crippen LogP contribution in [-0.4, -0.2) is 64.9 Å².